The van der Waals surface area contributed by atoms with Crippen molar-refractivity contribution < 1.29 is 42.9 Å². The Hall–Kier alpha value is -7.41. The van der Waals surface area contributed by atoms with E-state index in [1.807, 2.05) is 84.0 Å². The molecule has 3 heterocycles. The van der Waals surface area contributed by atoms with Crippen LogP contribution in [0.25, 0.3) is 32.9 Å². The van der Waals surface area contributed by atoms with E-state index in [2.05, 4.69) is 19.8 Å². The minimum Gasteiger partial charge on any atom is -0.508 e. The van der Waals surface area contributed by atoms with Gasteiger partial charge in [0.1, 0.15) is 17.1 Å². The van der Waals surface area contributed by atoms with Gasteiger partial charge in [-0.3, -0.25) is 19.4 Å². The van der Waals surface area contributed by atoms with Crippen LogP contribution in [0.4, 0.5) is 14.5 Å². The number of rotatable bonds is 8. The zero-order valence-corrected chi connectivity index (χ0v) is 36.6. The number of hydrogen-bond acceptors (Lipinski definition) is 8. The average molecular weight is 912 g/mol. The molecule has 0 radical (unpaired) electrons. The Balaban J connectivity index is 0.000000220. The molecule has 1 aliphatic heterocycles. The number of para-hydroxylation sites is 1. The number of H-pyrrole nitrogens is 1. The summed E-state index contributed by atoms with van der Waals surface area (Å²) in [6, 6.07) is 31.1. The summed E-state index contributed by atoms with van der Waals surface area (Å²) in [7, 11) is 0. The number of carbonyl (C=O) groups is 3. The van der Waals surface area contributed by atoms with Gasteiger partial charge >= 0.3 is 12.3 Å². The highest BCUT2D eigenvalue weighted by Crippen LogP contribution is 2.53. The summed E-state index contributed by atoms with van der Waals surface area (Å²) in [5.74, 6) is -1.59. The highest BCUT2D eigenvalue weighted by Gasteiger charge is 2.52. The number of anilines is 1. The molecule has 1 amide bonds. The Bertz CT molecular complexity index is 3110. The molecule has 7 aromatic rings. The first-order chi connectivity index (χ1) is 30.6. The third-order valence-corrected chi connectivity index (χ3v) is 11.8. The number of ketones is 1. The van der Waals surface area contributed by atoms with Gasteiger partial charge in [0.2, 0.25) is 5.43 Å². The molecule has 348 valence electrons. The molecule has 4 N–H and O–H groups in total. The van der Waals surface area contributed by atoms with Crippen molar-refractivity contribution in [3.63, 3.8) is 0 Å². The number of aromatic nitrogens is 2. The van der Waals surface area contributed by atoms with Crippen molar-refractivity contribution in [1.82, 2.24) is 9.97 Å². The van der Waals surface area contributed by atoms with Gasteiger partial charge in [-0.05, 0) is 94.3 Å². The predicted molar refractivity (Wildman–Crippen MR) is 258 cm³/mol. The first kappa shape index (κ1) is 49.0. The maximum absolute atomic E-state index is 13.5. The zero-order valence-electron chi connectivity index (χ0n) is 36.6. The molecule has 1 aliphatic carbocycles. The molecule has 0 spiro atoms. The third-order valence-electron chi connectivity index (χ3n) is 11.8. The fraction of sp³-hybridized carbons (Fsp3) is 0.278. The average Bonchev–Trinajstić information content (AvgIpc) is 4.00. The highest BCUT2D eigenvalue weighted by atomic mass is 19.3. The number of amides is 1. The van der Waals surface area contributed by atoms with Crippen LogP contribution in [-0.4, -0.2) is 44.1 Å². The second kappa shape index (κ2) is 18.1. The number of phenolic OH excluding ortho intramolecular Hbond substituents is 1. The summed E-state index contributed by atoms with van der Waals surface area (Å²) in [6.45, 7) is 12.2. The number of ether oxygens (including phenoxy) is 2. The van der Waals surface area contributed by atoms with E-state index in [1.54, 1.807) is 42.5 Å². The second-order valence-electron chi connectivity index (χ2n) is 18.5. The lowest BCUT2D eigenvalue weighted by Gasteiger charge is -2.28. The standard InChI is InChI=1S/C28H19F2NO5.C24H28N2O3.2CH4/c29-28(30)35-22-10-9-19(14-23(22)36-28)27(11-12-27)24(32)15-20-13-18-3-1-2-4-21(18)25(31-20)16-5-7-17(8-6-16)26(33)34;1-23(2,3)16-11-17(24(4,5)6)20(27)12-19(16)26-22(29)15-13-25-18-10-8-7-9-14(18)21(15)28;;/h1-10,13-14H,11-12,15H2,(H,33,34);7-13,27H,1-6H3,(H,25,28)(H,26,29);2*1H4. The summed E-state index contributed by atoms with van der Waals surface area (Å²) in [5, 5.41) is 24.9. The van der Waals surface area contributed by atoms with Gasteiger partial charge in [-0.2, -0.15) is 0 Å². The molecular weight excluding hydrogens is 857 g/mol. The van der Waals surface area contributed by atoms with Gasteiger partial charge in [-0.1, -0.05) is 111 Å². The molecule has 9 rings (SSSR count). The monoisotopic (exact) mass is 911 g/mol. The van der Waals surface area contributed by atoms with Gasteiger partial charge in [-0.25, -0.2) is 4.79 Å². The number of hydrogen-bond donors (Lipinski definition) is 4. The number of nitrogens with one attached hydrogen (secondary N) is 2. The summed E-state index contributed by atoms with van der Waals surface area (Å²) < 4.78 is 35.9. The minimum absolute atomic E-state index is 0. The van der Waals surface area contributed by atoms with E-state index in [0.717, 1.165) is 27.5 Å². The van der Waals surface area contributed by atoms with Crippen molar-refractivity contribution in [2.24, 2.45) is 0 Å². The number of nitrogens with zero attached hydrogens (tertiary/aromatic N) is 1. The predicted octanol–water partition coefficient (Wildman–Crippen LogP) is 12.1. The molecular formula is C54H55F2N3O8. The SMILES string of the molecule is C.C.CC(C)(C)c1cc(C(C)(C)C)c(NC(=O)c2c[nH]c3ccccc3c2=O)cc1O.O=C(O)c1ccc(-c2nc(CC(=O)C3(c4ccc5c(c4)OC(F)(F)O5)CC3)cc3ccccc23)cc1. The van der Waals surface area contributed by atoms with E-state index in [4.69, 9.17) is 4.98 Å². The first-order valence-electron chi connectivity index (χ1n) is 21.1. The number of alkyl halides is 2. The van der Waals surface area contributed by atoms with Crippen LogP contribution in [0.5, 0.6) is 17.2 Å². The Morgan fingerprint density at radius 1 is 0.776 bits per heavy atom. The summed E-state index contributed by atoms with van der Waals surface area (Å²) in [6.07, 6.45) is -0.997. The van der Waals surface area contributed by atoms with Crippen molar-refractivity contribution in [2.75, 3.05) is 5.32 Å². The molecule has 0 bridgehead atoms. The maximum atomic E-state index is 13.5. The molecule has 5 aromatic carbocycles. The van der Waals surface area contributed by atoms with Gasteiger partial charge in [0.25, 0.3) is 5.91 Å². The smallest absolute Gasteiger partial charge is 0.508 e. The summed E-state index contributed by atoms with van der Waals surface area (Å²) >= 11 is 0. The van der Waals surface area contributed by atoms with Crippen molar-refractivity contribution in [1.29, 1.82) is 0 Å². The number of carboxylic acid groups (broad SMARTS) is 1. The minimum atomic E-state index is -3.71. The second-order valence-corrected chi connectivity index (χ2v) is 18.5. The molecule has 2 aromatic heterocycles. The van der Waals surface area contributed by atoms with E-state index in [1.165, 1.54) is 30.5 Å². The van der Waals surface area contributed by atoms with E-state index < -0.39 is 23.6 Å². The van der Waals surface area contributed by atoms with Gasteiger partial charge < -0.3 is 30.0 Å². The van der Waals surface area contributed by atoms with E-state index >= 15 is 0 Å². The Kier molecular flexibility index (Phi) is 13.3. The van der Waals surface area contributed by atoms with E-state index in [-0.39, 0.29) is 71.7 Å². The molecule has 0 saturated heterocycles. The number of carboxylic acids is 1. The fourth-order valence-electron chi connectivity index (χ4n) is 8.21. The summed E-state index contributed by atoms with van der Waals surface area (Å²) in [4.78, 5) is 58.2. The number of aromatic amines is 1. The van der Waals surface area contributed by atoms with Crippen molar-refractivity contribution in [3.8, 4) is 28.5 Å². The summed E-state index contributed by atoms with van der Waals surface area (Å²) in [5.41, 5.74) is 4.06. The maximum Gasteiger partial charge on any atom is 0.586 e. The highest BCUT2D eigenvalue weighted by molar-refractivity contribution is 6.06. The Labute approximate surface area is 387 Å². The lowest BCUT2D eigenvalue weighted by Crippen LogP contribution is -2.26. The Morgan fingerprint density at radius 3 is 2.04 bits per heavy atom. The van der Waals surface area contributed by atoms with E-state index in [0.29, 0.717) is 46.4 Å². The van der Waals surface area contributed by atoms with Crippen molar-refractivity contribution in [2.45, 2.75) is 98.2 Å². The van der Waals surface area contributed by atoms with Crippen LogP contribution in [0.3, 0.4) is 0 Å². The van der Waals surface area contributed by atoms with Gasteiger partial charge in [0.15, 0.2) is 11.5 Å². The molecule has 2 aliphatic rings. The van der Waals surface area contributed by atoms with Crippen LogP contribution in [-0.2, 0) is 27.5 Å². The van der Waals surface area contributed by atoms with Crippen LogP contribution >= 0.6 is 0 Å². The normalized spacial score (nSPS) is 14.2. The molecule has 1 saturated carbocycles. The number of halogens is 2. The Morgan fingerprint density at radius 2 is 1.40 bits per heavy atom. The number of carbonyl (C=O) groups excluding carboxylic acids is 2. The first-order valence-corrected chi connectivity index (χ1v) is 21.1. The topological polar surface area (TPSA) is 168 Å². The largest absolute Gasteiger partial charge is 0.586 e. The van der Waals surface area contributed by atoms with Crippen molar-refractivity contribution in [3.05, 3.63) is 159 Å². The van der Waals surface area contributed by atoms with Gasteiger partial charge in [0.05, 0.1) is 16.7 Å². The lowest BCUT2D eigenvalue weighted by molar-refractivity contribution is -0.286. The molecule has 1 fully saturated rings. The number of phenols is 1. The number of aromatic hydroxyl groups is 1. The lowest BCUT2D eigenvalue weighted by atomic mass is 9.79. The van der Waals surface area contributed by atoms with Crippen LogP contribution < -0.4 is 20.2 Å². The number of Topliss-reactive ketones (excluding diaryl/α,β-unsaturated/α-hetero) is 1. The molecule has 11 nitrogen and oxygen atoms in total. The quantitative estimate of drug-likeness (QED) is 0.116. The third kappa shape index (κ3) is 9.91. The van der Waals surface area contributed by atoms with Crippen LogP contribution in [0.2, 0.25) is 0 Å². The molecule has 0 atom stereocenters. The van der Waals surface area contributed by atoms with Crippen LogP contribution in [0, 0.1) is 0 Å². The van der Waals surface area contributed by atoms with Crippen LogP contribution in [0.15, 0.2) is 120 Å². The van der Waals surface area contributed by atoms with Gasteiger partial charge in [-0.15, -0.1) is 8.78 Å². The molecule has 13 heteroatoms. The molecule has 0 unspecified atom stereocenters. The van der Waals surface area contributed by atoms with Gasteiger partial charge in [0, 0.05) is 51.9 Å². The van der Waals surface area contributed by atoms with Crippen molar-refractivity contribution >= 4 is 45.0 Å². The zero-order chi connectivity index (χ0) is 46.6. The number of fused-ring (bicyclic) bond motifs is 3. The van der Waals surface area contributed by atoms with Crippen LogP contribution in [0.1, 0.15) is 112 Å². The number of aromatic carboxylic acids is 1. The fourth-order valence-corrected chi connectivity index (χ4v) is 8.21. The van der Waals surface area contributed by atoms with E-state index in [9.17, 15) is 38.2 Å². The molecule has 67 heavy (non-hydrogen) atoms. The number of pyridine rings is 2. The number of benzene rings is 5.